The normalized spacial score (nSPS) is 8.43. The van der Waals surface area contributed by atoms with Crippen molar-refractivity contribution in [2.75, 3.05) is 7.11 Å². The van der Waals surface area contributed by atoms with Gasteiger partial charge in [-0.15, -0.1) is 35.0 Å². The van der Waals surface area contributed by atoms with Gasteiger partial charge in [-0.1, -0.05) is 11.3 Å². The molecule has 0 aliphatic rings. The molecule has 2 N–H and O–H groups in total. The van der Waals surface area contributed by atoms with Gasteiger partial charge in [0.2, 0.25) is 0 Å². The third-order valence-corrected chi connectivity index (χ3v) is 2.15. The van der Waals surface area contributed by atoms with Crippen LogP contribution in [0.1, 0.15) is 10.0 Å². The molecule has 0 spiro atoms. The highest BCUT2D eigenvalue weighted by molar-refractivity contribution is 7.11. The predicted octanol–water partition coefficient (Wildman–Crippen LogP) is 0.556. The van der Waals surface area contributed by atoms with Gasteiger partial charge in [0.15, 0.2) is 0 Å². The molecular formula is C6H11Cl2N3O2S. The number of hydrogen-bond donors (Lipinski definition) is 1. The highest BCUT2D eigenvalue weighted by Crippen LogP contribution is 2.09. The summed E-state index contributed by atoms with van der Waals surface area (Å²) in [5.74, 6) is -0.310. The summed E-state index contributed by atoms with van der Waals surface area (Å²) in [7, 11) is 1.34. The Balaban J connectivity index is 0. The van der Waals surface area contributed by atoms with Crippen LogP contribution >= 0.6 is 36.2 Å². The summed E-state index contributed by atoms with van der Waals surface area (Å²) in [6, 6.07) is 0. The minimum atomic E-state index is -0.310. The van der Waals surface area contributed by atoms with E-state index in [4.69, 9.17) is 5.73 Å². The molecule has 0 aliphatic heterocycles. The first-order valence-electron chi connectivity index (χ1n) is 3.34. The molecule has 0 aromatic carbocycles. The number of nitrogens with two attached hydrogens (primary N) is 1. The maximum Gasteiger partial charge on any atom is 0.312 e. The smallest absolute Gasteiger partial charge is 0.312 e. The van der Waals surface area contributed by atoms with Crippen molar-refractivity contribution in [3.63, 3.8) is 0 Å². The van der Waals surface area contributed by atoms with Gasteiger partial charge in [0.25, 0.3) is 0 Å². The van der Waals surface area contributed by atoms with E-state index in [0.717, 1.165) is 5.01 Å². The van der Waals surface area contributed by atoms with E-state index in [1.54, 1.807) is 0 Å². The highest BCUT2D eigenvalue weighted by Gasteiger charge is 2.07. The maximum absolute atomic E-state index is 10.8. The Morgan fingerprint density at radius 1 is 1.43 bits per heavy atom. The molecule has 0 fully saturated rings. The number of hydrogen-bond acceptors (Lipinski definition) is 6. The minimum Gasteiger partial charge on any atom is -0.469 e. The zero-order valence-corrected chi connectivity index (χ0v) is 9.88. The summed E-state index contributed by atoms with van der Waals surface area (Å²) in [6.07, 6.45) is 0.175. The van der Waals surface area contributed by atoms with Crippen LogP contribution < -0.4 is 5.73 Å². The summed E-state index contributed by atoms with van der Waals surface area (Å²) < 4.78 is 4.47. The minimum absolute atomic E-state index is 0. The van der Waals surface area contributed by atoms with Gasteiger partial charge in [0.1, 0.15) is 10.0 Å². The number of carbonyl (C=O) groups is 1. The maximum atomic E-state index is 10.8. The van der Waals surface area contributed by atoms with Gasteiger partial charge in [0, 0.05) is 6.54 Å². The molecule has 14 heavy (non-hydrogen) atoms. The molecular weight excluding hydrogens is 249 g/mol. The van der Waals surface area contributed by atoms with E-state index in [1.807, 2.05) is 0 Å². The lowest BCUT2D eigenvalue weighted by molar-refractivity contribution is -0.139. The molecule has 1 rings (SSSR count). The fraction of sp³-hybridized carbons (Fsp3) is 0.500. The number of ether oxygens (including phenoxy) is 1. The third kappa shape index (κ3) is 4.71. The van der Waals surface area contributed by atoms with E-state index < -0.39 is 0 Å². The largest absolute Gasteiger partial charge is 0.469 e. The van der Waals surface area contributed by atoms with Crippen LogP contribution in [0.2, 0.25) is 0 Å². The second-order valence-corrected chi connectivity index (χ2v) is 3.19. The van der Waals surface area contributed by atoms with Crippen LogP contribution in [0.3, 0.4) is 0 Å². The lowest BCUT2D eigenvalue weighted by Crippen LogP contribution is -2.03. The molecule has 0 saturated heterocycles. The van der Waals surface area contributed by atoms with Crippen LogP contribution in [-0.4, -0.2) is 23.3 Å². The van der Waals surface area contributed by atoms with Crippen molar-refractivity contribution in [3.8, 4) is 0 Å². The van der Waals surface area contributed by atoms with E-state index in [2.05, 4.69) is 14.9 Å². The molecule has 1 aromatic rings. The number of rotatable bonds is 3. The van der Waals surface area contributed by atoms with E-state index in [1.165, 1.54) is 18.4 Å². The number of carbonyl (C=O) groups excluding carboxylic acids is 1. The van der Waals surface area contributed by atoms with Gasteiger partial charge in [-0.05, 0) is 0 Å². The molecule has 0 saturated carbocycles. The predicted molar refractivity (Wildman–Crippen MR) is 58.0 cm³/mol. The number of methoxy groups -OCH3 is 1. The van der Waals surface area contributed by atoms with Crippen LogP contribution in [0.4, 0.5) is 0 Å². The molecule has 82 valence electrons. The average Bonchev–Trinajstić information content (AvgIpc) is 2.52. The quantitative estimate of drug-likeness (QED) is 0.803. The van der Waals surface area contributed by atoms with Crippen molar-refractivity contribution in [2.45, 2.75) is 13.0 Å². The summed E-state index contributed by atoms with van der Waals surface area (Å²) >= 11 is 1.33. The average molecular weight is 260 g/mol. The van der Waals surface area contributed by atoms with Gasteiger partial charge in [-0.25, -0.2) is 0 Å². The lowest BCUT2D eigenvalue weighted by atomic mass is 10.5. The summed E-state index contributed by atoms with van der Waals surface area (Å²) in [5.41, 5.74) is 5.32. The van der Waals surface area contributed by atoms with Crippen LogP contribution in [0.15, 0.2) is 0 Å². The fourth-order valence-corrected chi connectivity index (χ4v) is 1.35. The second kappa shape index (κ2) is 7.93. The molecule has 0 aliphatic carbocycles. The van der Waals surface area contributed by atoms with E-state index in [9.17, 15) is 4.79 Å². The zero-order valence-electron chi connectivity index (χ0n) is 7.43. The molecule has 0 unspecified atom stereocenters. The lowest BCUT2D eigenvalue weighted by Gasteiger charge is -1.91. The number of halogens is 2. The van der Waals surface area contributed by atoms with Crippen LogP contribution in [-0.2, 0) is 22.5 Å². The summed E-state index contributed by atoms with van der Waals surface area (Å²) in [6.45, 7) is 0.360. The first-order valence-corrected chi connectivity index (χ1v) is 4.16. The Bertz CT molecular complexity index is 282. The highest BCUT2D eigenvalue weighted by atomic mass is 35.5. The number of nitrogens with zero attached hydrogens (tertiary/aromatic N) is 2. The second-order valence-electron chi connectivity index (χ2n) is 2.05. The van der Waals surface area contributed by atoms with Crippen molar-refractivity contribution in [3.05, 3.63) is 10.0 Å². The first-order chi connectivity index (χ1) is 5.76. The molecule has 0 atom stereocenters. The first kappa shape index (κ1) is 16.0. The SMILES string of the molecule is COC(=O)Cc1nnc(CN)s1.Cl.Cl. The van der Waals surface area contributed by atoms with Gasteiger partial charge in [0.05, 0.1) is 13.5 Å². The molecule has 0 bridgehead atoms. The molecule has 8 heteroatoms. The fourth-order valence-electron chi connectivity index (χ4n) is 0.638. The number of esters is 1. The van der Waals surface area contributed by atoms with E-state index in [0.29, 0.717) is 11.6 Å². The Hall–Kier alpha value is -0.430. The Morgan fingerprint density at radius 3 is 2.43 bits per heavy atom. The Kier molecular flexibility index (Phi) is 9.07. The summed E-state index contributed by atoms with van der Waals surface area (Å²) in [4.78, 5) is 10.8. The van der Waals surface area contributed by atoms with Gasteiger partial charge in [-0.2, -0.15) is 0 Å². The molecule has 0 amide bonds. The van der Waals surface area contributed by atoms with Gasteiger partial charge < -0.3 is 10.5 Å². The Morgan fingerprint density at radius 2 is 2.00 bits per heavy atom. The van der Waals surface area contributed by atoms with Crippen LogP contribution in [0.25, 0.3) is 0 Å². The van der Waals surface area contributed by atoms with Crippen LogP contribution in [0, 0.1) is 0 Å². The van der Waals surface area contributed by atoms with Crippen LogP contribution in [0.5, 0.6) is 0 Å². The molecule has 0 radical (unpaired) electrons. The zero-order chi connectivity index (χ0) is 8.97. The molecule has 1 heterocycles. The van der Waals surface area contributed by atoms with Crippen molar-refractivity contribution in [1.82, 2.24) is 10.2 Å². The van der Waals surface area contributed by atoms with Crippen molar-refractivity contribution < 1.29 is 9.53 Å². The van der Waals surface area contributed by atoms with Crippen molar-refractivity contribution >= 4 is 42.1 Å². The van der Waals surface area contributed by atoms with Gasteiger partial charge in [-0.3, -0.25) is 4.79 Å². The number of aromatic nitrogens is 2. The molecule has 5 nitrogen and oxygen atoms in total. The monoisotopic (exact) mass is 259 g/mol. The topological polar surface area (TPSA) is 78.1 Å². The summed E-state index contributed by atoms with van der Waals surface area (Å²) in [5, 5.41) is 8.89. The van der Waals surface area contributed by atoms with Crippen molar-refractivity contribution in [1.29, 1.82) is 0 Å². The van der Waals surface area contributed by atoms with Crippen molar-refractivity contribution in [2.24, 2.45) is 5.73 Å². The third-order valence-electron chi connectivity index (χ3n) is 1.21. The van der Waals surface area contributed by atoms with Gasteiger partial charge >= 0.3 is 5.97 Å². The standard InChI is InChI=1S/C6H9N3O2S.2ClH/c1-11-6(10)2-4-8-9-5(3-7)12-4;;/h2-3,7H2,1H3;2*1H. The Labute approximate surface area is 97.9 Å². The molecule has 1 aromatic heterocycles. The van der Waals surface area contributed by atoms with E-state index in [-0.39, 0.29) is 37.2 Å². The van der Waals surface area contributed by atoms with E-state index >= 15 is 0 Å².